The molecular formula is C17H17N3O2. The van der Waals surface area contributed by atoms with E-state index in [1.165, 1.54) is 0 Å². The fraction of sp³-hybridized carbons (Fsp3) is 0.0588. The maximum absolute atomic E-state index is 11.5. The molecule has 1 amide bonds. The molecule has 0 aliphatic carbocycles. The van der Waals surface area contributed by atoms with Crippen LogP contribution in [-0.2, 0) is 4.79 Å². The van der Waals surface area contributed by atoms with Gasteiger partial charge in [-0.05, 0) is 36.3 Å². The highest BCUT2D eigenvalue weighted by Crippen LogP contribution is 2.25. The van der Waals surface area contributed by atoms with E-state index in [0.717, 1.165) is 22.4 Å². The van der Waals surface area contributed by atoms with Crippen molar-refractivity contribution in [1.29, 1.82) is 0 Å². The van der Waals surface area contributed by atoms with Crippen molar-refractivity contribution in [2.45, 2.75) is 6.92 Å². The van der Waals surface area contributed by atoms with E-state index in [-0.39, 0.29) is 5.57 Å². The first kappa shape index (κ1) is 15.6. The Morgan fingerprint density at radius 1 is 1.27 bits per heavy atom. The molecule has 0 saturated carbocycles. The van der Waals surface area contributed by atoms with Gasteiger partial charge in [0.2, 0.25) is 0 Å². The molecule has 0 atom stereocenters. The number of aromatic nitrogens is 1. The van der Waals surface area contributed by atoms with Crippen LogP contribution in [0.2, 0.25) is 0 Å². The van der Waals surface area contributed by atoms with E-state index >= 15 is 0 Å². The Bertz CT molecular complexity index is 709. The van der Waals surface area contributed by atoms with Gasteiger partial charge < -0.3 is 0 Å². The number of hydrogen-bond acceptors (Lipinski definition) is 4. The van der Waals surface area contributed by atoms with Crippen LogP contribution in [0, 0.1) is 6.92 Å². The minimum Gasteiger partial charge on any atom is -0.297 e. The van der Waals surface area contributed by atoms with Gasteiger partial charge in [-0.3, -0.25) is 20.4 Å². The highest BCUT2D eigenvalue weighted by Gasteiger charge is 2.07. The smallest absolute Gasteiger partial charge is 0.266 e. The van der Waals surface area contributed by atoms with Crippen molar-refractivity contribution in [2.75, 3.05) is 0 Å². The number of carbonyl (C=O) groups excluding carboxylic acids is 1. The van der Waals surface area contributed by atoms with E-state index in [9.17, 15) is 4.79 Å². The summed E-state index contributed by atoms with van der Waals surface area (Å²) in [6.07, 6.45) is 5.16. The summed E-state index contributed by atoms with van der Waals surface area (Å²) in [5.74, 6) is -0.508. The summed E-state index contributed by atoms with van der Waals surface area (Å²) < 4.78 is 0. The molecule has 0 fully saturated rings. The van der Waals surface area contributed by atoms with Gasteiger partial charge in [-0.1, -0.05) is 36.9 Å². The molecule has 1 aromatic heterocycles. The number of hydrazine groups is 1. The Morgan fingerprint density at radius 3 is 2.77 bits per heavy atom. The second-order valence-electron chi connectivity index (χ2n) is 4.68. The Balaban J connectivity index is 2.35. The zero-order valence-electron chi connectivity index (χ0n) is 12.2. The van der Waals surface area contributed by atoms with Crippen LogP contribution < -0.4 is 11.0 Å². The van der Waals surface area contributed by atoms with Crippen LogP contribution in [0.5, 0.6) is 0 Å². The van der Waals surface area contributed by atoms with E-state index in [1.807, 2.05) is 54.8 Å². The lowest BCUT2D eigenvalue weighted by Crippen LogP contribution is -2.35. The van der Waals surface area contributed by atoms with Gasteiger partial charge >= 0.3 is 0 Å². The van der Waals surface area contributed by atoms with Crippen LogP contribution >= 0.6 is 0 Å². The van der Waals surface area contributed by atoms with Gasteiger partial charge in [-0.15, -0.1) is 5.59 Å². The molecule has 0 aliphatic heterocycles. The van der Waals surface area contributed by atoms with Gasteiger partial charge in [0.1, 0.15) is 0 Å². The number of pyridine rings is 1. The van der Waals surface area contributed by atoms with Crippen LogP contribution in [0.3, 0.4) is 0 Å². The molecule has 0 aliphatic rings. The topological polar surface area (TPSA) is 74.2 Å². The number of hydrogen-bond donors (Lipinski definition) is 3. The average Bonchev–Trinajstić information content (AvgIpc) is 2.54. The second kappa shape index (κ2) is 7.31. The lowest BCUT2D eigenvalue weighted by Gasteiger charge is -2.09. The monoisotopic (exact) mass is 295 g/mol. The summed E-state index contributed by atoms with van der Waals surface area (Å²) in [6.45, 7) is 5.65. The summed E-state index contributed by atoms with van der Waals surface area (Å²) in [5.41, 5.74) is 7.72. The van der Waals surface area contributed by atoms with Crippen molar-refractivity contribution in [1.82, 2.24) is 16.0 Å². The SMILES string of the molecule is C=C(/C=C\c1c(C)cccc1-c1ccccn1)C(=O)NNO. The Morgan fingerprint density at radius 2 is 2.09 bits per heavy atom. The molecule has 0 bridgehead atoms. The van der Waals surface area contributed by atoms with E-state index in [0.29, 0.717) is 0 Å². The first-order chi connectivity index (χ1) is 10.6. The number of benzene rings is 1. The number of amides is 1. The third-order valence-electron chi connectivity index (χ3n) is 3.18. The lowest BCUT2D eigenvalue weighted by atomic mass is 9.98. The van der Waals surface area contributed by atoms with Gasteiger partial charge in [0, 0.05) is 17.3 Å². The standard InChI is InChI=1S/C17H17N3O2/c1-12-6-5-7-15(16-8-3-4-11-18-16)14(12)10-9-13(2)17(21)19-20-22/h3-11,20,22H,2H2,1H3,(H,19,21)/b10-9-. The fourth-order valence-corrected chi connectivity index (χ4v) is 2.04. The predicted molar refractivity (Wildman–Crippen MR) is 85.6 cm³/mol. The number of carbonyl (C=O) groups is 1. The fourth-order valence-electron chi connectivity index (χ4n) is 2.04. The molecule has 5 heteroatoms. The molecule has 2 rings (SSSR count). The van der Waals surface area contributed by atoms with Gasteiger partial charge in [-0.2, -0.15) is 0 Å². The van der Waals surface area contributed by atoms with E-state index in [1.54, 1.807) is 17.9 Å². The van der Waals surface area contributed by atoms with E-state index in [4.69, 9.17) is 5.21 Å². The molecule has 1 aromatic carbocycles. The number of nitrogens with zero attached hydrogens (tertiary/aromatic N) is 1. The van der Waals surface area contributed by atoms with Crippen LogP contribution in [0.15, 0.2) is 60.8 Å². The third-order valence-corrected chi connectivity index (χ3v) is 3.18. The minimum absolute atomic E-state index is 0.219. The largest absolute Gasteiger partial charge is 0.297 e. The van der Waals surface area contributed by atoms with Crippen molar-refractivity contribution in [2.24, 2.45) is 0 Å². The highest BCUT2D eigenvalue weighted by molar-refractivity contribution is 5.96. The summed E-state index contributed by atoms with van der Waals surface area (Å²) in [7, 11) is 0. The first-order valence-electron chi connectivity index (χ1n) is 6.71. The zero-order valence-corrected chi connectivity index (χ0v) is 12.2. The second-order valence-corrected chi connectivity index (χ2v) is 4.68. The van der Waals surface area contributed by atoms with Gasteiger partial charge in [0.25, 0.3) is 5.91 Å². The maximum atomic E-state index is 11.5. The molecule has 0 spiro atoms. The molecule has 112 valence electrons. The Labute approximate surface area is 128 Å². The summed E-state index contributed by atoms with van der Waals surface area (Å²) in [4.78, 5) is 15.9. The predicted octanol–water partition coefficient (Wildman–Crippen LogP) is 2.64. The zero-order chi connectivity index (χ0) is 15.9. The van der Waals surface area contributed by atoms with Crippen LogP contribution in [0.1, 0.15) is 11.1 Å². The molecule has 0 radical (unpaired) electrons. The van der Waals surface area contributed by atoms with Crippen molar-refractivity contribution < 1.29 is 10.0 Å². The van der Waals surface area contributed by atoms with Crippen LogP contribution in [0.4, 0.5) is 0 Å². The van der Waals surface area contributed by atoms with Gasteiger partial charge in [0.05, 0.1) is 5.69 Å². The molecule has 22 heavy (non-hydrogen) atoms. The molecule has 0 saturated heterocycles. The van der Waals surface area contributed by atoms with Crippen molar-refractivity contribution in [3.8, 4) is 11.3 Å². The van der Waals surface area contributed by atoms with Crippen molar-refractivity contribution in [3.63, 3.8) is 0 Å². The molecular weight excluding hydrogens is 278 g/mol. The molecule has 2 aromatic rings. The lowest BCUT2D eigenvalue weighted by molar-refractivity contribution is -0.120. The molecule has 5 nitrogen and oxygen atoms in total. The highest BCUT2D eigenvalue weighted by atomic mass is 16.5. The number of aryl methyl sites for hydroxylation is 1. The quantitative estimate of drug-likeness (QED) is 0.450. The normalized spacial score (nSPS) is 10.6. The number of nitrogens with one attached hydrogen (secondary N) is 2. The first-order valence-corrected chi connectivity index (χ1v) is 6.71. The van der Waals surface area contributed by atoms with E-state index < -0.39 is 5.91 Å². The maximum Gasteiger partial charge on any atom is 0.266 e. The van der Waals surface area contributed by atoms with Gasteiger partial charge in [0.15, 0.2) is 0 Å². The summed E-state index contributed by atoms with van der Waals surface area (Å²) in [5, 5.41) is 8.45. The van der Waals surface area contributed by atoms with Gasteiger partial charge in [-0.25, -0.2) is 0 Å². The van der Waals surface area contributed by atoms with E-state index in [2.05, 4.69) is 11.6 Å². The number of rotatable bonds is 5. The van der Waals surface area contributed by atoms with Crippen molar-refractivity contribution in [3.05, 3.63) is 72.0 Å². The minimum atomic E-state index is -0.508. The Kier molecular flexibility index (Phi) is 5.19. The Hall–Kier alpha value is -2.76. The van der Waals surface area contributed by atoms with Crippen LogP contribution in [0.25, 0.3) is 17.3 Å². The molecule has 1 heterocycles. The summed E-state index contributed by atoms with van der Waals surface area (Å²) >= 11 is 0. The third kappa shape index (κ3) is 3.66. The van der Waals surface area contributed by atoms with Crippen LogP contribution in [-0.4, -0.2) is 16.1 Å². The molecule has 0 unspecified atom stereocenters. The average molecular weight is 295 g/mol. The van der Waals surface area contributed by atoms with Crippen molar-refractivity contribution >= 4 is 12.0 Å². The summed E-state index contributed by atoms with van der Waals surface area (Å²) in [6, 6.07) is 11.7. The molecule has 3 N–H and O–H groups in total.